The van der Waals surface area contributed by atoms with E-state index in [1.807, 2.05) is 16.7 Å². The zero-order valence-electron chi connectivity index (χ0n) is 18.4. The molecule has 0 saturated carbocycles. The molecule has 12 heteroatoms. The van der Waals surface area contributed by atoms with Crippen molar-refractivity contribution in [3.8, 4) is 0 Å². The summed E-state index contributed by atoms with van der Waals surface area (Å²) in [6, 6.07) is 1.60. The van der Waals surface area contributed by atoms with Crippen LogP contribution in [-0.4, -0.2) is 66.7 Å². The van der Waals surface area contributed by atoms with E-state index in [0.717, 1.165) is 12.1 Å². The minimum Gasteiger partial charge on any atom is -0.372 e. The van der Waals surface area contributed by atoms with Crippen LogP contribution in [0.1, 0.15) is 25.8 Å². The molecule has 4 aliphatic heterocycles. The SMILES string of the molecule is C[C@@H]1CN2c3cc(N4CC[C@H](N)C4)c([N+](=O)[O-])cc3CC3(C(=O)NC(=O)NC3=O)[C@H]2[C@H](C)O1. The van der Waals surface area contributed by atoms with E-state index in [2.05, 4.69) is 10.6 Å². The maximum atomic E-state index is 13.2. The van der Waals surface area contributed by atoms with Crippen molar-refractivity contribution < 1.29 is 24.0 Å². The number of urea groups is 1. The van der Waals surface area contributed by atoms with Gasteiger partial charge in [-0.25, -0.2) is 4.79 Å². The first-order valence-corrected chi connectivity index (χ1v) is 11.0. The number of nitrogens with zero attached hydrogens (tertiary/aromatic N) is 3. The van der Waals surface area contributed by atoms with Crippen LogP contribution in [0.5, 0.6) is 0 Å². The fourth-order valence-corrected chi connectivity index (χ4v) is 5.86. The maximum absolute atomic E-state index is 13.2. The third kappa shape index (κ3) is 3.16. The van der Waals surface area contributed by atoms with Crippen molar-refractivity contribution in [2.75, 3.05) is 29.4 Å². The molecule has 4 aliphatic rings. The van der Waals surface area contributed by atoms with E-state index in [9.17, 15) is 24.5 Å². The Labute approximate surface area is 189 Å². The number of nitrogens with one attached hydrogen (secondary N) is 2. The van der Waals surface area contributed by atoms with Crippen LogP contribution in [0.2, 0.25) is 0 Å². The fourth-order valence-electron chi connectivity index (χ4n) is 5.86. The van der Waals surface area contributed by atoms with Crippen molar-refractivity contribution in [3.05, 3.63) is 27.8 Å². The molecule has 5 rings (SSSR count). The van der Waals surface area contributed by atoms with Gasteiger partial charge < -0.3 is 20.3 Å². The number of rotatable bonds is 2. The second-order valence-electron chi connectivity index (χ2n) is 9.36. The van der Waals surface area contributed by atoms with Crippen LogP contribution in [0.3, 0.4) is 0 Å². The smallest absolute Gasteiger partial charge is 0.328 e. The van der Waals surface area contributed by atoms with Gasteiger partial charge in [0.2, 0.25) is 11.8 Å². The molecule has 3 saturated heterocycles. The molecular weight excluding hydrogens is 432 g/mol. The van der Waals surface area contributed by atoms with Gasteiger partial charge in [-0.15, -0.1) is 0 Å². The quantitative estimate of drug-likeness (QED) is 0.315. The van der Waals surface area contributed by atoms with E-state index in [-0.39, 0.29) is 24.3 Å². The van der Waals surface area contributed by atoms with Crippen LogP contribution in [0.15, 0.2) is 12.1 Å². The van der Waals surface area contributed by atoms with Crippen molar-refractivity contribution in [2.45, 2.75) is 51.0 Å². The number of nitro benzene ring substituents is 1. The van der Waals surface area contributed by atoms with Gasteiger partial charge in [0.15, 0.2) is 5.41 Å². The number of anilines is 2. The third-order valence-electron chi connectivity index (χ3n) is 7.17. The Hall–Kier alpha value is -3.25. The Morgan fingerprint density at radius 2 is 1.85 bits per heavy atom. The molecule has 0 aromatic heterocycles. The Bertz CT molecular complexity index is 1060. The van der Waals surface area contributed by atoms with Crippen LogP contribution < -0.4 is 26.2 Å². The standard InChI is InChI=1S/C21H26N6O6/c1-10-8-26-14-6-15(25-4-3-13(22)9-25)16(27(31)32)5-12(14)7-21(17(26)11(2)33-10)18(28)23-20(30)24-19(21)29/h5-6,10-11,13,17H,3-4,7-9,22H2,1-2H3,(H2,23,24,28,29,30)/t10-,11+,13+,17-/m1/s1. The van der Waals surface area contributed by atoms with Crippen molar-refractivity contribution in [1.29, 1.82) is 0 Å². The number of barbiturate groups is 1. The Morgan fingerprint density at radius 1 is 1.15 bits per heavy atom. The number of hydrogen-bond acceptors (Lipinski definition) is 9. The number of ether oxygens (including phenoxy) is 1. The minimum atomic E-state index is -1.66. The van der Waals surface area contributed by atoms with Crippen LogP contribution in [0, 0.1) is 15.5 Å². The van der Waals surface area contributed by atoms with Crippen LogP contribution in [-0.2, 0) is 20.7 Å². The maximum Gasteiger partial charge on any atom is 0.328 e. The van der Waals surface area contributed by atoms with Gasteiger partial charge in [0.05, 0.1) is 23.2 Å². The number of morpholine rings is 1. The topological polar surface area (TPSA) is 160 Å². The molecule has 0 unspecified atom stereocenters. The van der Waals surface area contributed by atoms with Gasteiger partial charge >= 0.3 is 6.03 Å². The number of amides is 4. The molecular formula is C21H26N6O6. The van der Waals surface area contributed by atoms with E-state index in [4.69, 9.17) is 10.5 Å². The zero-order chi connectivity index (χ0) is 23.7. The van der Waals surface area contributed by atoms with Crippen molar-refractivity contribution in [3.63, 3.8) is 0 Å². The number of nitrogens with two attached hydrogens (primary N) is 1. The first-order valence-electron chi connectivity index (χ1n) is 11.0. The van der Waals surface area contributed by atoms with E-state index in [0.29, 0.717) is 30.9 Å². The van der Waals surface area contributed by atoms with Crippen LogP contribution in [0.25, 0.3) is 0 Å². The van der Waals surface area contributed by atoms with Gasteiger partial charge in [0.25, 0.3) is 5.69 Å². The first kappa shape index (κ1) is 21.6. The summed E-state index contributed by atoms with van der Waals surface area (Å²) >= 11 is 0. The molecule has 12 nitrogen and oxygen atoms in total. The number of fused-ring (bicyclic) bond motifs is 4. The highest BCUT2D eigenvalue weighted by molar-refractivity contribution is 6.20. The Kier molecular flexibility index (Phi) is 4.83. The Morgan fingerprint density at radius 3 is 2.45 bits per heavy atom. The third-order valence-corrected chi connectivity index (χ3v) is 7.17. The molecule has 33 heavy (non-hydrogen) atoms. The lowest BCUT2D eigenvalue weighted by molar-refractivity contribution is -0.384. The highest BCUT2D eigenvalue weighted by atomic mass is 16.6. The van der Waals surface area contributed by atoms with Gasteiger partial charge in [-0.05, 0) is 31.9 Å². The predicted octanol–water partition coefficient (Wildman–Crippen LogP) is 0.0229. The number of nitro groups is 1. The molecule has 3 fully saturated rings. The second kappa shape index (κ2) is 7.39. The van der Waals surface area contributed by atoms with Gasteiger partial charge in [0, 0.05) is 43.9 Å². The average molecular weight is 458 g/mol. The van der Waals surface area contributed by atoms with Crippen molar-refractivity contribution in [2.24, 2.45) is 11.1 Å². The van der Waals surface area contributed by atoms with Crippen molar-refractivity contribution in [1.82, 2.24) is 10.6 Å². The molecule has 4 amide bonds. The molecule has 4 heterocycles. The van der Waals surface area contributed by atoms with Crippen LogP contribution in [0.4, 0.5) is 21.9 Å². The molecule has 1 aromatic rings. The normalized spacial score (nSPS) is 30.6. The molecule has 4 atom stereocenters. The van der Waals surface area contributed by atoms with Gasteiger partial charge in [-0.2, -0.15) is 0 Å². The summed E-state index contributed by atoms with van der Waals surface area (Å²) in [4.78, 5) is 53.5. The number of carbonyl (C=O) groups excluding carboxylic acids is 3. The lowest BCUT2D eigenvalue weighted by Gasteiger charge is -2.55. The van der Waals surface area contributed by atoms with Crippen molar-refractivity contribution >= 4 is 34.9 Å². The molecule has 1 spiro atoms. The average Bonchev–Trinajstić information content (AvgIpc) is 3.16. The summed E-state index contributed by atoms with van der Waals surface area (Å²) in [7, 11) is 0. The summed E-state index contributed by atoms with van der Waals surface area (Å²) in [5.74, 6) is -1.45. The largest absolute Gasteiger partial charge is 0.372 e. The summed E-state index contributed by atoms with van der Waals surface area (Å²) in [6.45, 7) is 5.19. The van der Waals surface area contributed by atoms with Gasteiger partial charge in [-0.3, -0.25) is 30.3 Å². The number of benzene rings is 1. The fraction of sp³-hybridized carbons (Fsp3) is 0.571. The summed E-state index contributed by atoms with van der Waals surface area (Å²) < 4.78 is 6.01. The lowest BCUT2D eigenvalue weighted by Crippen LogP contribution is -2.75. The first-order chi connectivity index (χ1) is 15.6. The number of imide groups is 2. The molecule has 0 radical (unpaired) electrons. The lowest BCUT2D eigenvalue weighted by atomic mass is 9.66. The summed E-state index contributed by atoms with van der Waals surface area (Å²) in [5.41, 5.74) is 6.00. The van der Waals surface area contributed by atoms with E-state index in [1.165, 1.54) is 6.07 Å². The molecule has 0 aliphatic carbocycles. The molecule has 4 N–H and O–H groups in total. The zero-order valence-corrected chi connectivity index (χ0v) is 18.4. The highest BCUT2D eigenvalue weighted by Gasteiger charge is 2.63. The molecule has 1 aromatic carbocycles. The number of hydrogen-bond donors (Lipinski definition) is 3. The minimum absolute atomic E-state index is 0.0627. The summed E-state index contributed by atoms with van der Waals surface area (Å²) in [6.07, 6.45) is -0.0585. The predicted molar refractivity (Wildman–Crippen MR) is 117 cm³/mol. The molecule has 176 valence electrons. The Balaban J connectivity index is 1.70. The van der Waals surface area contributed by atoms with E-state index >= 15 is 0 Å². The van der Waals surface area contributed by atoms with Gasteiger partial charge in [0.1, 0.15) is 5.69 Å². The highest BCUT2D eigenvalue weighted by Crippen LogP contribution is 2.49. The van der Waals surface area contributed by atoms with Crippen LogP contribution >= 0.6 is 0 Å². The number of carbonyl (C=O) groups is 3. The van der Waals surface area contributed by atoms with Gasteiger partial charge in [-0.1, -0.05) is 0 Å². The second-order valence-corrected chi connectivity index (χ2v) is 9.36. The van der Waals surface area contributed by atoms with E-state index in [1.54, 1.807) is 13.0 Å². The summed E-state index contributed by atoms with van der Waals surface area (Å²) in [5, 5.41) is 16.4. The molecule has 0 bridgehead atoms. The monoisotopic (exact) mass is 458 g/mol. The van der Waals surface area contributed by atoms with E-state index < -0.39 is 40.3 Å².